The molecule has 0 atom stereocenters. The topological polar surface area (TPSA) is 102 Å². The van der Waals surface area contributed by atoms with E-state index in [1.165, 1.54) is 18.2 Å². The second-order valence-corrected chi connectivity index (χ2v) is 7.02. The van der Waals surface area contributed by atoms with Crippen LogP contribution in [-0.4, -0.2) is 58.5 Å². The third-order valence-electron chi connectivity index (χ3n) is 5.02. The second-order valence-electron chi connectivity index (χ2n) is 7.02. The van der Waals surface area contributed by atoms with Crippen LogP contribution in [0.1, 0.15) is 0 Å². The average molecular weight is 419 g/mol. The normalized spacial score (nSPS) is 13.7. The number of anilines is 1. The van der Waals surface area contributed by atoms with Crippen LogP contribution in [0.15, 0.2) is 66.9 Å². The summed E-state index contributed by atoms with van der Waals surface area (Å²) >= 11 is 0. The van der Waals surface area contributed by atoms with Gasteiger partial charge in [-0.1, -0.05) is 36.4 Å². The Kier molecular flexibility index (Phi) is 6.02. The molecule has 9 heteroatoms. The molecule has 1 amide bonds. The quantitative estimate of drug-likeness (QED) is 0.447. The van der Waals surface area contributed by atoms with Gasteiger partial charge in [0.25, 0.3) is 11.6 Å². The smallest absolute Gasteiger partial charge is 0.273 e. The average Bonchev–Trinajstić information content (AvgIpc) is 2.83. The fourth-order valence-corrected chi connectivity index (χ4v) is 3.36. The molecule has 9 nitrogen and oxygen atoms in total. The van der Waals surface area contributed by atoms with E-state index in [1.54, 1.807) is 17.2 Å². The van der Waals surface area contributed by atoms with E-state index < -0.39 is 4.92 Å². The van der Waals surface area contributed by atoms with E-state index in [0.717, 1.165) is 11.4 Å². The van der Waals surface area contributed by atoms with Crippen molar-refractivity contribution in [2.45, 2.75) is 0 Å². The summed E-state index contributed by atoms with van der Waals surface area (Å²) in [5, 5.41) is 10.8. The van der Waals surface area contributed by atoms with Crippen LogP contribution >= 0.6 is 0 Å². The molecular weight excluding hydrogens is 398 g/mol. The van der Waals surface area contributed by atoms with Crippen LogP contribution in [0.4, 0.5) is 11.5 Å². The number of carbonyl (C=O) groups is 1. The molecule has 0 saturated carbocycles. The molecule has 1 fully saturated rings. The van der Waals surface area contributed by atoms with Crippen LogP contribution in [0.2, 0.25) is 0 Å². The van der Waals surface area contributed by atoms with Crippen molar-refractivity contribution >= 4 is 17.4 Å². The van der Waals surface area contributed by atoms with Gasteiger partial charge in [0.1, 0.15) is 11.6 Å². The first-order chi connectivity index (χ1) is 15.1. The Labute approximate surface area is 179 Å². The third kappa shape index (κ3) is 4.95. The molecule has 1 saturated heterocycles. The lowest BCUT2D eigenvalue weighted by Gasteiger charge is -2.35. The predicted molar refractivity (Wildman–Crippen MR) is 115 cm³/mol. The Morgan fingerprint density at radius 1 is 1.03 bits per heavy atom. The fraction of sp³-hybridized carbons (Fsp3) is 0.227. The summed E-state index contributed by atoms with van der Waals surface area (Å²) in [4.78, 5) is 35.7. The summed E-state index contributed by atoms with van der Waals surface area (Å²) in [7, 11) is 0. The molecule has 1 aliphatic heterocycles. The lowest BCUT2D eigenvalue weighted by atomic mass is 10.2. The molecule has 0 radical (unpaired) electrons. The van der Waals surface area contributed by atoms with Crippen molar-refractivity contribution in [2.75, 3.05) is 37.7 Å². The van der Waals surface area contributed by atoms with Crippen molar-refractivity contribution in [1.29, 1.82) is 0 Å². The maximum atomic E-state index is 12.5. The zero-order chi connectivity index (χ0) is 21.6. The van der Waals surface area contributed by atoms with Crippen molar-refractivity contribution in [1.82, 2.24) is 14.9 Å². The third-order valence-corrected chi connectivity index (χ3v) is 5.02. The summed E-state index contributed by atoms with van der Waals surface area (Å²) < 4.78 is 5.46. The number of hydrogen-bond donors (Lipinski definition) is 0. The first kappa shape index (κ1) is 20.3. The minimum Gasteiger partial charge on any atom is -0.484 e. The van der Waals surface area contributed by atoms with Crippen LogP contribution in [-0.2, 0) is 4.79 Å². The molecule has 31 heavy (non-hydrogen) atoms. The summed E-state index contributed by atoms with van der Waals surface area (Å²) in [5.41, 5.74) is 0.884. The number of ether oxygens (including phenoxy) is 1. The first-order valence-corrected chi connectivity index (χ1v) is 9.88. The van der Waals surface area contributed by atoms with Gasteiger partial charge >= 0.3 is 0 Å². The van der Waals surface area contributed by atoms with Crippen molar-refractivity contribution in [3.05, 3.63) is 77.0 Å². The molecule has 3 aromatic rings. The number of benzene rings is 2. The Morgan fingerprint density at radius 2 is 1.81 bits per heavy atom. The molecule has 0 N–H and O–H groups in total. The fourth-order valence-electron chi connectivity index (χ4n) is 3.36. The monoisotopic (exact) mass is 419 g/mol. The number of amides is 1. The van der Waals surface area contributed by atoms with Gasteiger partial charge < -0.3 is 14.5 Å². The van der Waals surface area contributed by atoms with Gasteiger partial charge in [-0.2, -0.15) is 0 Å². The van der Waals surface area contributed by atoms with Crippen LogP contribution in [0, 0.1) is 10.1 Å². The minimum atomic E-state index is -0.496. The summed E-state index contributed by atoms with van der Waals surface area (Å²) in [6.07, 6.45) is 1.75. The molecule has 0 aliphatic carbocycles. The van der Waals surface area contributed by atoms with E-state index in [0.29, 0.717) is 37.8 Å². The first-order valence-electron chi connectivity index (χ1n) is 9.88. The van der Waals surface area contributed by atoms with Crippen LogP contribution in [0.5, 0.6) is 5.75 Å². The maximum absolute atomic E-state index is 12.5. The highest BCUT2D eigenvalue weighted by molar-refractivity contribution is 5.78. The minimum absolute atomic E-state index is 0.0710. The van der Waals surface area contributed by atoms with Crippen LogP contribution < -0.4 is 9.64 Å². The number of hydrogen-bond acceptors (Lipinski definition) is 7. The van der Waals surface area contributed by atoms with Gasteiger partial charge in [-0.25, -0.2) is 9.97 Å². The zero-order valence-corrected chi connectivity index (χ0v) is 16.8. The SMILES string of the molecule is O=C(COc1cccc([N+](=O)[O-])c1)N1CCN(c2ccnc(-c3ccccc3)n2)CC1. The van der Waals surface area contributed by atoms with Gasteiger partial charge in [0.2, 0.25) is 0 Å². The van der Waals surface area contributed by atoms with Crippen molar-refractivity contribution < 1.29 is 14.5 Å². The van der Waals surface area contributed by atoms with E-state index in [-0.39, 0.29) is 18.2 Å². The van der Waals surface area contributed by atoms with Crippen molar-refractivity contribution in [3.63, 3.8) is 0 Å². The van der Waals surface area contributed by atoms with E-state index in [2.05, 4.69) is 14.9 Å². The number of piperazine rings is 1. The second kappa shape index (κ2) is 9.21. The van der Waals surface area contributed by atoms with Crippen molar-refractivity contribution in [3.8, 4) is 17.1 Å². The predicted octanol–water partition coefficient (Wildman–Crippen LogP) is 2.78. The highest BCUT2D eigenvalue weighted by atomic mass is 16.6. The van der Waals surface area contributed by atoms with E-state index in [4.69, 9.17) is 4.74 Å². The number of non-ortho nitro benzene ring substituents is 1. The summed E-state index contributed by atoms with van der Waals surface area (Å²) in [6, 6.07) is 17.5. The molecule has 0 bridgehead atoms. The maximum Gasteiger partial charge on any atom is 0.273 e. The standard InChI is InChI=1S/C22H21N5O4/c28-21(16-31-19-8-4-7-18(15-19)27(29)30)26-13-11-25(12-14-26)20-9-10-23-22(24-20)17-5-2-1-3-6-17/h1-10,15H,11-14,16H2. The number of nitro benzene ring substituents is 1. The molecule has 0 spiro atoms. The molecule has 2 aromatic carbocycles. The number of carbonyl (C=O) groups excluding carboxylic acids is 1. The lowest BCUT2D eigenvalue weighted by Crippen LogP contribution is -2.50. The lowest BCUT2D eigenvalue weighted by molar-refractivity contribution is -0.384. The Morgan fingerprint density at radius 3 is 2.55 bits per heavy atom. The highest BCUT2D eigenvalue weighted by Gasteiger charge is 2.22. The van der Waals surface area contributed by atoms with E-state index >= 15 is 0 Å². The van der Waals surface area contributed by atoms with E-state index in [9.17, 15) is 14.9 Å². The molecule has 0 unspecified atom stereocenters. The Balaban J connectivity index is 1.32. The van der Waals surface area contributed by atoms with E-state index in [1.807, 2.05) is 36.4 Å². The Hall–Kier alpha value is -4.01. The van der Waals surface area contributed by atoms with Gasteiger partial charge in [0.05, 0.1) is 11.0 Å². The number of nitrogens with zero attached hydrogens (tertiary/aromatic N) is 5. The molecule has 158 valence electrons. The van der Waals surface area contributed by atoms with Crippen LogP contribution in [0.25, 0.3) is 11.4 Å². The van der Waals surface area contributed by atoms with Gasteiger partial charge in [-0.15, -0.1) is 0 Å². The molecule has 1 aromatic heterocycles. The number of nitro groups is 1. The number of rotatable bonds is 6. The Bertz CT molecular complexity index is 1070. The van der Waals surface area contributed by atoms with Gasteiger partial charge in [-0.05, 0) is 12.1 Å². The zero-order valence-electron chi connectivity index (χ0n) is 16.8. The molecule has 2 heterocycles. The number of aromatic nitrogens is 2. The van der Waals surface area contributed by atoms with Crippen LogP contribution in [0.3, 0.4) is 0 Å². The van der Waals surface area contributed by atoms with Crippen molar-refractivity contribution in [2.24, 2.45) is 0 Å². The van der Waals surface area contributed by atoms with Gasteiger partial charge in [0, 0.05) is 44.0 Å². The highest BCUT2D eigenvalue weighted by Crippen LogP contribution is 2.20. The molecule has 4 rings (SSSR count). The van der Waals surface area contributed by atoms with Gasteiger partial charge in [-0.3, -0.25) is 14.9 Å². The largest absolute Gasteiger partial charge is 0.484 e. The van der Waals surface area contributed by atoms with Gasteiger partial charge in [0.15, 0.2) is 12.4 Å². The summed E-state index contributed by atoms with van der Waals surface area (Å²) in [6.45, 7) is 2.22. The summed E-state index contributed by atoms with van der Waals surface area (Å²) in [5.74, 6) is 1.64. The molecular formula is C22H21N5O4. The molecule has 1 aliphatic rings.